The van der Waals surface area contributed by atoms with Gasteiger partial charge in [-0.25, -0.2) is 9.97 Å². The average Bonchev–Trinajstić information content (AvgIpc) is 3.37. The Morgan fingerprint density at radius 1 is 1.08 bits per heavy atom. The van der Waals surface area contributed by atoms with Crippen molar-refractivity contribution in [3.8, 4) is 5.75 Å². The quantitative estimate of drug-likeness (QED) is 0.420. The molecule has 1 aliphatic carbocycles. The standard InChI is InChI=1S/C27H29ClN5O3/c1-33(17-26(34)29-20-5-3-4-6-20)25-16-23(28)31-24(32-25)15-18-7-11-21(12-8-18)30-27(35)19-9-13-22(36-2)14-10-19/h7-14,20H,3-6,15,17H2,1-2H3,(H,29,34)(H,30,35). The number of benzene rings is 2. The van der Waals surface area contributed by atoms with Crippen LogP contribution in [0.15, 0.2) is 48.5 Å². The lowest BCUT2D eigenvalue weighted by molar-refractivity contribution is -0.120. The predicted octanol–water partition coefficient (Wildman–Crippen LogP) is 4.28. The number of hydrogen-bond donors (Lipinski definition) is 2. The summed E-state index contributed by atoms with van der Waals surface area (Å²) in [4.78, 5) is 35.4. The summed E-state index contributed by atoms with van der Waals surface area (Å²) in [7, 11) is 3.37. The fourth-order valence-corrected chi connectivity index (χ4v) is 4.32. The first-order valence-corrected chi connectivity index (χ1v) is 12.3. The number of amides is 2. The summed E-state index contributed by atoms with van der Waals surface area (Å²) in [5.74, 6) is 1.44. The smallest absolute Gasteiger partial charge is 0.255 e. The first-order chi connectivity index (χ1) is 17.4. The number of halogens is 1. The van der Waals surface area contributed by atoms with Gasteiger partial charge in [0.05, 0.1) is 19.7 Å². The second kappa shape index (κ2) is 11.9. The molecule has 1 fully saturated rings. The van der Waals surface area contributed by atoms with Gasteiger partial charge in [-0.05, 0) is 54.8 Å². The van der Waals surface area contributed by atoms with Crippen molar-refractivity contribution in [1.82, 2.24) is 15.3 Å². The van der Waals surface area contributed by atoms with Gasteiger partial charge in [0.1, 0.15) is 22.5 Å². The Bertz CT molecular complexity index is 1200. The van der Waals surface area contributed by atoms with Gasteiger partial charge < -0.3 is 20.3 Å². The number of methoxy groups -OCH3 is 1. The Labute approximate surface area is 216 Å². The summed E-state index contributed by atoms with van der Waals surface area (Å²) in [5, 5.41) is 6.15. The molecule has 1 aliphatic rings. The molecule has 8 nitrogen and oxygen atoms in total. The van der Waals surface area contributed by atoms with Crippen LogP contribution in [0.2, 0.25) is 5.15 Å². The van der Waals surface area contributed by atoms with Gasteiger partial charge in [-0.15, -0.1) is 0 Å². The minimum absolute atomic E-state index is 0.0404. The van der Waals surface area contributed by atoms with E-state index in [1.54, 1.807) is 43.3 Å². The van der Waals surface area contributed by atoms with Gasteiger partial charge in [0.25, 0.3) is 5.91 Å². The highest BCUT2D eigenvalue weighted by Crippen LogP contribution is 2.20. The minimum Gasteiger partial charge on any atom is -0.497 e. The first-order valence-electron chi connectivity index (χ1n) is 11.9. The van der Waals surface area contributed by atoms with Crippen molar-refractivity contribution in [1.29, 1.82) is 0 Å². The lowest BCUT2D eigenvalue weighted by Crippen LogP contribution is -2.40. The number of likely N-dealkylation sites (N-methyl/N-ethyl adjacent to an activating group) is 1. The Morgan fingerprint density at radius 2 is 1.78 bits per heavy atom. The summed E-state index contributed by atoms with van der Waals surface area (Å²) in [6.07, 6.45) is 4.84. The molecule has 0 unspecified atom stereocenters. The number of ether oxygens (including phenoxy) is 1. The van der Waals surface area contributed by atoms with E-state index in [9.17, 15) is 9.59 Å². The lowest BCUT2D eigenvalue weighted by atomic mass is 10.1. The average molecular weight is 507 g/mol. The van der Waals surface area contributed by atoms with Crippen LogP contribution in [0.4, 0.5) is 11.5 Å². The van der Waals surface area contributed by atoms with E-state index < -0.39 is 0 Å². The van der Waals surface area contributed by atoms with E-state index in [-0.39, 0.29) is 29.6 Å². The molecule has 0 saturated heterocycles. The summed E-state index contributed by atoms with van der Waals surface area (Å²) in [6, 6.07) is 17.5. The molecule has 1 radical (unpaired) electrons. The van der Waals surface area contributed by atoms with Crippen LogP contribution in [0.3, 0.4) is 0 Å². The SMILES string of the molecule is COc1ccc(C(=O)Nc2ccc(Cc3nc(Cl)[c]c(N(C)CC(=O)NC4CCCC4)n3)cc2)cc1. The third kappa shape index (κ3) is 6.95. The van der Waals surface area contributed by atoms with Crippen LogP contribution in [0, 0.1) is 6.07 Å². The molecule has 0 aliphatic heterocycles. The Morgan fingerprint density at radius 3 is 2.44 bits per heavy atom. The van der Waals surface area contributed by atoms with Crippen molar-refractivity contribution in [2.24, 2.45) is 0 Å². The van der Waals surface area contributed by atoms with Gasteiger partial charge in [0.2, 0.25) is 5.91 Å². The summed E-state index contributed by atoms with van der Waals surface area (Å²) in [6.45, 7) is 0.169. The minimum atomic E-state index is -0.205. The molecule has 0 spiro atoms. The van der Waals surface area contributed by atoms with Crippen LogP contribution in [0.1, 0.15) is 47.4 Å². The largest absolute Gasteiger partial charge is 0.497 e. The van der Waals surface area contributed by atoms with Gasteiger partial charge in [0.15, 0.2) is 0 Å². The second-order valence-electron chi connectivity index (χ2n) is 8.84. The highest BCUT2D eigenvalue weighted by atomic mass is 35.5. The molecule has 2 amide bonds. The third-order valence-electron chi connectivity index (χ3n) is 6.07. The van der Waals surface area contributed by atoms with E-state index >= 15 is 0 Å². The fraction of sp³-hybridized carbons (Fsp3) is 0.333. The molecule has 0 bridgehead atoms. The zero-order valence-electron chi connectivity index (χ0n) is 20.4. The summed E-state index contributed by atoms with van der Waals surface area (Å²) >= 11 is 6.20. The number of carbonyl (C=O) groups excluding carboxylic acids is 2. The molecule has 2 N–H and O–H groups in total. The van der Waals surface area contributed by atoms with Crippen LogP contribution < -0.4 is 20.3 Å². The Hall–Kier alpha value is -3.65. The van der Waals surface area contributed by atoms with Gasteiger partial charge >= 0.3 is 0 Å². The van der Waals surface area contributed by atoms with E-state index in [0.717, 1.165) is 31.2 Å². The first kappa shape index (κ1) is 25.4. The molecule has 9 heteroatoms. The van der Waals surface area contributed by atoms with Gasteiger partial charge in [0, 0.05) is 30.8 Å². The van der Waals surface area contributed by atoms with E-state index in [4.69, 9.17) is 16.3 Å². The van der Waals surface area contributed by atoms with Crippen molar-refractivity contribution < 1.29 is 14.3 Å². The number of aromatic nitrogens is 2. The van der Waals surface area contributed by atoms with Crippen molar-refractivity contribution in [2.45, 2.75) is 38.1 Å². The molecule has 1 saturated carbocycles. The van der Waals surface area contributed by atoms with E-state index in [0.29, 0.717) is 35.1 Å². The number of rotatable bonds is 9. The number of carbonyl (C=O) groups is 2. The molecule has 0 atom stereocenters. The molecule has 187 valence electrons. The maximum Gasteiger partial charge on any atom is 0.255 e. The molecule has 3 aromatic rings. The molecular weight excluding hydrogens is 478 g/mol. The maximum absolute atomic E-state index is 12.5. The topological polar surface area (TPSA) is 96.5 Å². The van der Waals surface area contributed by atoms with E-state index in [1.165, 1.54) is 0 Å². The van der Waals surface area contributed by atoms with Gasteiger partial charge in [-0.1, -0.05) is 36.6 Å². The van der Waals surface area contributed by atoms with Crippen LogP contribution in [0.25, 0.3) is 0 Å². The Kier molecular flexibility index (Phi) is 8.38. The molecule has 1 aromatic heterocycles. The number of nitrogens with one attached hydrogen (secondary N) is 2. The molecular formula is C27H29ClN5O3. The number of nitrogens with zero attached hydrogens (tertiary/aromatic N) is 3. The van der Waals surface area contributed by atoms with Crippen molar-refractivity contribution >= 4 is 34.9 Å². The molecule has 2 aromatic carbocycles. The predicted molar refractivity (Wildman–Crippen MR) is 140 cm³/mol. The van der Waals surface area contributed by atoms with Gasteiger partial charge in [-0.3, -0.25) is 9.59 Å². The van der Waals surface area contributed by atoms with Crippen LogP contribution in [0.5, 0.6) is 5.75 Å². The van der Waals surface area contributed by atoms with Crippen molar-refractivity contribution in [3.63, 3.8) is 0 Å². The zero-order chi connectivity index (χ0) is 25.5. The molecule has 36 heavy (non-hydrogen) atoms. The Balaban J connectivity index is 1.35. The fourth-order valence-electron chi connectivity index (χ4n) is 4.14. The van der Waals surface area contributed by atoms with Gasteiger partial charge in [-0.2, -0.15) is 0 Å². The van der Waals surface area contributed by atoms with Crippen molar-refractivity contribution in [3.05, 3.63) is 76.7 Å². The van der Waals surface area contributed by atoms with Crippen molar-refractivity contribution in [2.75, 3.05) is 30.9 Å². The monoisotopic (exact) mass is 506 g/mol. The summed E-state index contributed by atoms with van der Waals surface area (Å²) in [5.41, 5.74) is 2.16. The lowest BCUT2D eigenvalue weighted by Gasteiger charge is -2.20. The van der Waals surface area contributed by atoms with E-state index in [1.807, 2.05) is 24.3 Å². The highest BCUT2D eigenvalue weighted by molar-refractivity contribution is 6.29. The van der Waals surface area contributed by atoms with Crippen LogP contribution in [-0.4, -0.2) is 48.5 Å². The normalized spacial score (nSPS) is 13.3. The molecule has 1 heterocycles. The molecule has 4 rings (SSSR count). The van der Waals surface area contributed by atoms with Crippen LogP contribution in [-0.2, 0) is 11.2 Å². The number of anilines is 2. The van der Waals surface area contributed by atoms with Crippen LogP contribution >= 0.6 is 11.6 Å². The van der Waals surface area contributed by atoms with E-state index in [2.05, 4.69) is 26.7 Å². The second-order valence-corrected chi connectivity index (χ2v) is 9.20. The maximum atomic E-state index is 12.5. The zero-order valence-corrected chi connectivity index (χ0v) is 21.1. The third-order valence-corrected chi connectivity index (χ3v) is 6.25. The number of hydrogen-bond acceptors (Lipinski definition) is 6. The highest BCUT2D eigenvalue weighted by Gasteiger charge is 2.19. The summed E-state index contributed by atoms with van der Waals surface area (Å²) < 4.78 is 5.13.